The predicted molar refractivity (Wildman–Crippen MR) is 45.3 cm³/mol. The number of nitrogens with one attached hydrogen (secondary N) is 1. The van der Waals surface area contributed by atoms with Crippen molar-refractivity contribution in [2.75, 3.05) is 19.7 Å². The van der Waals surface area contributed by atoms with Gasteiger partial charge in [-0.3, -0.25) is 0 Å². The molecule has 1 aromatic heterocycles. The molecule has 0 saturated carbocycles. The van der Waals surface area contributed by atoms with Crippen LogP contribution >= 0.6 is 11.6 Å². The van der Waals surface area contributed by atoms with Gasteiger partial charge in [-0.25, -0.2) is 0 Å². The Bertz CT molecular complexity index is 255. The minimum atomic E-state index is 0.0197. The summed E-state index contributed by atoms with van der Waals surface area (Å²) in [4.78, 5) is 0. The van der Waals surface area contributed by atoms with E-state index in [-0.39, 0.29) is 6.10 Å². The Labute approximate surface area is 75.6 Å². The number of halogens is 1. The van der Waals surface area contributed by atoms with E-state index < -0.39 is 0 Å². The van der Waals surface area contributed by atoms with E-state index >= 15 is 0 Å². The molecule has 0 amide bonds. The SMILES string of the molecule is Clc1ccc(C2CNCCO2)o1. The van der Waals surface area contributed by atoms with Crippen LogP contribution in [0.4, 0.5) is 0 Å². The van der Waals surface area contributed by atoms with Crippen molar-refractivity contribution in [2.24, 2.45) is 0 Å². The van der Waals surface area contributed by atoms with E-state index in [4.69, 9.17) is 20.8 Å². The lowest BCUT2D eigenvalue weighted by Crippen LogP contribution is -2.33. The van der Waals surface area contributed by atoms with Crippen molar-refractivity contribution < 1.29 is 9.15 Å². The van der Waals surface area contributed by atoms with Gasteiger partial charge in [0.05, 0.1) is 6.61 Å². The van der Waals surface area contributed by atoms with Gasteiger partial charge in [0.1, 0.15) is 11.9 Å². The van der Waals surface area contributed by atoms with Gasteiger partial charge in [0.25, 0.3) is 0 Å². The van der Waals surface area contributed by atoms with Crippen LogP contribution in [-0.2, 0) is 4.74 Å². The summed E-state index contributed by atoms with van der Waals surface area (Å²) in [5, 5.41) is 3.63. The molecule has 0 aliphatic carbocycles. The van der Waals surface area contributed by atoms with Crippen molar-refractivity contribution >= 4 is 11.6 Å². The Morgan fingerprint density at radius 3 is 3.00 bits per heavy atom. The molecule has 0 spiro atoms. The van der Waals surface area contributed by atoms with Crippen molar-refractivity contribution in [3.05, 3.63) is 23.1 Å². The first kappa shape index (κ1) is 8.10. The smallest absolute Gasteiger partial charge is 0.193 e. The quantitative estimate of drug-likeness (QED) is 0.725. The van der Waals surface area contributed by atoms with Crippen LogP contribution in [0.1, 0.15) is 11.9 Å². The van der Waals surface area contributed by atoms with Crippen LogP contribution in [0.15, 0.2) is 16.5 Å². The summed E-state index contributed by atoms with van der Waals surface area (Å²) in [5.74, 6) is 0.798. The summed E-state index contributed by atoms with van der Waals surface area (Å²) in [6, 6.07) is 3.58. The number of rotatable bonds is 1. The molecule has 1 unspecified atom stereocenters. The van der Waals surface area contributed by atoms with Gasteiger partial charge in [-0.1, -0.05) is 0 Å². The molecule has 1 aliphatic rings. The fourth-order valence-corrected chi connectivity index (χ4v) is 1.40. The first-order valence-corrected chi connectivity index (χ1v) is 4.31. The second-order valence-corrected chi connectivity index (χ2v) is 3.08. The van der Waals surface area contributed by atoms with E-state index in [2.05, 4.69) is 5.32 Å². The van der Waals surface area contributed by atoms with Gasteiger partial charge in [0.15, 0.2) is 5.22 Å². The molecule has 0 aromatic carbocycles. The predicted octanol–water partition coefficient (Wildman–Crippen LogP) is 1.59. The van der Waals surface area contributed by atoms with Crippen LogP contribution in [0, 0.1) is 0 Å². The first-order chi connectivity index (χ1) is 5.86. The molecule has 1 aromatic rings. The number of hydrogen-bond acceptors (Lipinski definition) is 3. The maximum absolute atomic E-state index is 5.64. The second-order valence-electron chi connectivity index (χ2n) is 2.71. The van der Waals surface area contributed by atoms with Crippen LogP contribution in [0.3, 0.4) is 0 Å². The topological polar surface area (TPSA) is 34.4 Å². The highest BCUT2D eigenvalue weighted by molar-refractivity contribution is 6.28. The Hall–Kier alpha value is -0.510. The average molecular weight is 188 g/mol. The highest BCUT2D eigenvalue weighted by Gasteiger charge is 2.18. The minimum absolute atomic E-state index is 0.0197. The second kappa shape index (κ2) is 3.47. The van der Waals surface area contributed by atoms with Gasteiger partial charge in [0.2, 0.25) is 0 Å². The number of hydrogen-bond donors (Lipinski definition) is 1. The maximum Gasteiger partial charge on any atom is 0.193 e. The van der Waals surface area contributed by atoms with Gasteiger partial charge >= 0.3 is 0 Å². The zero-order valence-electron chi connectivity index (χ0n) is 6.55. The molecule has 4 heteroatoms. The molecule has 3 nitrogen and oxygen atoms in total. The summed E-state index contributed by atoms with van der Waals surface area (Å²) >= 11 is 5.64. The van der Waals surface area contributed by atoms with E-state index in [1.54, 1.807) is 6.07 Å². The Morgan fingerprint density at radius 2 is 2.42 bits per heavy atom. The molecule has 1 N–H and O–H groups in total. The standard InChI is InChI=1S/C8H10ClNO2/c9-8-2-1-6(12-8)7-5-10-3-4-11-7/h1-2,7,10H,3-5H2. The minimum Gasteiger partial charge on any atom is -0.447 e. The van der Waals surface area contributed by atoms with Gasteiger partial charge in [0, 0.05) is 13.1 Å². The molecule has 12 heavy (non-hydrogen) atoms. The molecule has 1 fully saturated rings. The van der Waals surface area contributed by atoms with Crippen molar-refractivity contribution in [1.29, 1.82) is 0 Å². The lowest BCUT2D eigenvalue weighted by Gasteiger charge is -2.21. The lowest BCUT2D eigenvalue weighted by atomic mass is 10.2. The van der Waals surface area contributed by atoms with Crippen LogP contribution in [0.2, 0.25) is 5.22 Å². The molecule has 2 heterocycles. The first-order valence-electron chi connectivity index (χ1n) is 3.94. The summed E-state index contributed by atoms with van der Waals surface area (Å²) in [6.45, 7) is 2.43. The molecule has 0 bridgehead atoms. The normalized spacial score (nSPS) is 24.2. The lowest BCUT2D eigenvalue weighted by molar-refractivity contribution is 0.0143. The zero-order chi connectivity index (χ0) is 8.39. The third-order valence-corrected chi connectivity index (χ3v) is 2.04. The van der Waals surface area contributed by atoms with Crippen molar-refractivity contribution in [3.8, 4) is 0 Å². The Kier molecular flexibility index (Phi) is 2.35. The third kappa shape index (κ3) is 1.63. The van der Waals surface area contributed by atoms with Crippen molar-refractivity contribution in [3.63, 3.8) is 0 Å². The monoisotopic (exact) mass is 187 g/mol. The van der Waals surface area contributed by atoms with E-state index in [1.165, 1.54) is 0 Å². The van der Waals surface area contributed by atoms with Crippen LogP contribution in [0.25, 0.3) is 0 Å². The number of furan rings is 1. The molecular weight excluding hydrogens is 178 g/mol. The zero-order valence-corrected chi connectivity index (χ0v) is 7.30. The van der Waals surface area contributed by atoms with Gasteiger partial charge < -0.3 is 14.5 Å². The Balaban J connectivity index is 2.08. The fraction of sp³-hybridized carbons (Fsp3) is 0.500. The average Bonchev–Trinajstić information content (AvgIpc) is 2.54. The van der Waals surface area contributed by atoms with E-state index in [0.29, 0.717) is 5.22 Å². The van der Waals surface area contributed by atoms with Crippen LogP contribution in [0.5, 0.6) is 0 Å². The molecular formula is C8H10ClNO2. The molecule has 1 saturated heterocycles. The molecule has 1 aliphatic heterocycles. The van der Waals surface area contributed by atoms with Gasteiger partial charge in [-0.05, 0) is 23.7 Å². The van der Waals surface area contributed by atoms with Gasteiger partial charge in [-0.2, -0.15) is 0 Å². The highest BCUT2D eigenvalue weighted by atomic mass is 35.5. The summed E-state index contributed by atoms with van der Waals surface area (Å²) in [7, 11) is 0. The van der Waals surface area contributed by atoms with E-state index in [1.807, 2.05) is 6.07 Å². The van der Waals surface area contributed by atoms with Crippen LogP contribution in [-0.4, -0.2) is 19.7 Å². The Morgan fingerprint density at radius 1 is 1.50 bits per heavy atom. The van der Waals surface area contributed by atoms with E-state index in [9.17, 15) is 0 Å². The third-order valence-electron chi connectivity index (χ3n) is 1.84. The molecule has 2 rings (SSSR count). The molecule has 0 radical (unpaired) electrons. The summed E-state index contributed by atoms with van der Waals surface area (Å²) < 4.78 is 10.7. The summed E-state index contributed by atoms with van der Waals surface area (Å²) in [6.07, 6.45) is 0.0197. The highest BCUT2D eigenvalue weighted by Crippen LogP contribution is 2.23. The van der Waals surface area contributed by atoms with Crippen LogP contribution < -0.4 is 5.32 Å². The largest absolute Gasteiger partial charge is 0.447 e. The van der Waals surface area contributed by atoms with Gasteiger partial charge in [-0.15, -0.1) is 0 Å². The number of morpholine rings is 1. The maximum atomic E-state index is 5.64. The molecule has 1 atom stereocenters. The summed E-state index contributed by atoms with van der Waals surface area (Å²) in [5.41, 5.74) is 0. The van der Waals surface area contributed by atoms with E-state index in [0.717, 1.165) is 25.5 Å². The van der Waals surface area contributed by atoms with Crippen molar-refractivity contribution in [1.82, 2.24) is 5.32 Å². The number of ether oxygens (including phenoxy) is 1. The van der Waals surface area contributed by atoms with Crippen molar-refractivity contribution in [2.45, 2.75) is 6.10 Å². The fourth-order valence-electron chi connectivity index (χ4n) is 1.25. The molecule has 66 valence electrons.